The van der Waals surface area contributed by atoms with Crippen molar-refractivity contribution in [2.24, 2.45) is 0 Å². The zero-order chi connectivity index (χ0) is 17.1. The van der Waals surface area contributed by atoms with E-state index in [9.17, 15) is 0 Å². The van der Waals surface area contributed by atoms with Gasteiger partial charge in [-0.3, -0.25) is 4.98 Å². The molecule has 0 unspecified atom stereocenters. The highest BCUT2D eigenvalue weighted by Gasteiger charge is 2.07. The van der Waals surface area contributed by atoms with Gasteiger partial charge in [-0.2, -0.15) is 0 Å². The fraction of sp³-hybridized carbons (Fsp3) is 0.150. The van der Waals surface area contributed by atoms with Gasteiger partial charge in [-0.1, -0.05) is 29.8 Å². The van der Waals surface area contributed by atoms with Crippen molar-refractivity contribution in [2.45, 2.75) is 13.3 Å². The average Bonchev–Trinajstić information content (AvgIpc) is 3.06. The molecule has 3 heterocycles. The standard InChI is InChI=1S/C20H19N5/c1-15-3-2-4-16(13-15)7-12-22-19-5-6-20-23-14-18(25(20)24-19)17-8-10-21-11-9-17/h2-6,8-11,13-14H,7,12H2,1H3,(H,22,24). The zero-order valence-electron chi connectivity index (χ0n) is 14.1. The Kier molecular flexibility index (Phi) is 4.12. The highest BCUT2D eigenvalue weighted by atomic mass is 15.3. The van der Waals surface area contributed by atoms with Gasteiger partial charge in [0.05, 0.1) is 11.9 Å². The number of fused-ring (bicyclic) bond motifs is 1. The molecule has 124 valence electrons. The Morgan fingerprint density at radius 3 is 2.76 bits per heavy atom. The van der Waals surface area contributed by atoms with Crippen LogP contribution in [0.25, 0.3) is 16.9 Å². The molecule has 4 aromatic rings. The third-order valence-electron chi connectivity index (χ3n) is 4.14. The average molecular weight is 329 g/mol. The van der Waals surface area contributed by atoms with E-state index in [2.05, 4.69) is 51.6 Å². The molecule has 0 aliphatic rings. The second-order valence-electron chi connectivity index (χ2n) is 6.03. The van der Waals surface area contributed by atoms with Crippen molar-refractivity contribution in [3.8, 4) is 11.3 Å². The number of imidazole rings is 1. The Labute approximate surface area is 146 Å². The summed E-state index contributed by atoms with van der Waals surface area (Å²) in [5.41, 5.74) is 5.45. The number of anilines is 1. The quantitative estimate of drug-likeness (QED) is 0.606. The minimum Gasteiger partial charge on any atom is -0.368 e. The molecule has 1 N–H and O–H groups in total. The summed E-state index contributed by atoms with van der Waals surface area (Å²) in [7, 11) is 0. The summed E-state index contributed by atoms with van der Waals surface area (Å²) >= 11 is 0. The van der Waals surface area contributed by atoms with Crippen molar-refractivity contribution in [1.82, 2.24) is 19.6 Å². The minimum atomic E-state index is 0.830. The molecule has 0 fully saturated rings. The van der Waals surface area contributed by atoms with Crippen LogP contribution in [0.4, 0.5) is 5.82 Å². The van der Waals surface area contributed by atoms with Gasteiger partial charge in [-0.05, 0) is 43.2 Å². The Bertz CT molecular complexity index is 991. The van der Waals surface area contributed by atoms with Gasteiger partial charge in [0.1, 0.15) is 5.82 Å². The van der Waals surface area contributed by atoms with Crippen LogP contribution in [0.1, 0.15) is 11.1 Å². The first kappa shape index (κ1) is 15.3. The topological polar surface area (TPSA) is 55.1 Å². The largest absolute Gasteiger partial charge is 0.368 e. The molecule has 3 aromatic heterocycles. The molecule has 5 nitrogen and oxygen atoms in total. The van der Waals surface area contributed by atoms with Crippen LogP contribution in [-0.2, 0) is 6.42 Å². The zero-order valence-corrected chi connectivity index (χ0v) is 14.1. The molecule has 25 heavy (non-hydrogen) atoms. The lowest BCUT2D eigenvalue weighted by Crippen LogP contribution is -2.08. The molecule has 0 aliphatic carbocycles. The van der Waals surface area contributed by atoms with Crippen LogP contribution in [0.5, 0.6) is 0 Å². The summed E-state index contributed by atoms with van der Waals surface area (Å²) in [6.07, 6.45) is 6.36. The van der Waals surface area contributed by atoms with Gasteiger partial charge in [-0.15, -0.1) is 5.10 Å². The van der Waals surface area contributed by atoms with E-state index in [-0.39, 0.29) is 0 Å². The van der Waals surface area contributed by atoms with Crippen molar-refractivity contribution in [3.05, 3.63) is 78.2 Å². The summed E-state index contributed by atoms with van der Waals surface area (Å²) in [6, 6.07) is 16.5. The van der Waals surface area contributed by atoms with E-state index >= 15 is 0 Å². The van der Waals surface area contributed by atoms with Gasteiger partial charge in [0.2, 0.25) is 0 Å². The van der Waals surface area contributed by atoms with E-state index < -0.39 is 0 Å². The predicted octanol–water partition coefficient (Wildman–Crippen LogP) is 3.75. The fourth-order valence-corrected chi connectivity index (χ4v) is 2.89. The molecule has 0 spiro atoms. The molecule has 0 bridgehead atoms. The van der Waals surface area contributed by atoms with Crippen LogP contribution in [0.3, 0.4) is 0 Å². The third-order valence-corrected chi connectivity index (χ3v) is 4.14. The monoisotopic (exact) mass is 329 g/mol. The second kappa shape index (κ2) is 6.73. The molecule has 0 amide bonds. The summed E-state index contributed by atoms with van der Waals surface area (Å²) in [5, 5.41) is 8.08. The summed E-state index contributed by atoms with van der Waals surface area (Å²) in [5.74, 6) is 0.841. The number of nitrogens with one attached hydrogen (secondary N) is 1. The van der Waals surface area contributed by atoms with Gasteiger partial charge in [0.15, 0.2) is 5.65 Å². The number of benzene rings is 1. The molecule has 0 saturated heterocycles. The highest BCUT2D eigenvalue weighted by Crippen LogP contribution is 2.20. The first-order chi connectivity index (χ1) is 12.3. The summed E-state index contributed by atoms with van der Waals surface area (Å²) < 4.78 is 1.87. The minimum absolute atomic E-state index is 0.830. The van der Waals surface area contributed by atoms with Crippen molar-refractivity contribution in [2.75, 3.05) is 11.9 Å². The van der Waals surface area contributed by atoms with Gasteiger partial charge < -0.3 is 5.32 Å². The third kappa shape index (κ3) is 3.35. The van der Waals surface area contributed by atoms with Gasteiger partial charge in [0.25, 0.3) is 0 Å². The molecule has 0 aliphatic heterocycles. The summed E-state index contributed by atoms with van der Waals surface area (Å²) in [4.78, 5) is 8.49. The van der Waals surface area contributed by atoms with E-state index in [1.54, 1.807) is 12.4 Å². The van der Waals surface area contributed by atoms with Crippen LogP contribution in [0.15, 0.2) is 67.1 Å². The van der Waals surface area contributed by atoms with Gasteiger partial charge >= 0.3 is 0 Å². The Hall–Kier alpha value is -3.21. The van der Waals surface area contributed by atoms with Crippen molar-refractivity contribution in [3.63, 3.8) is 0 Å². The number of hydrogen-bond acceptors (Lipinski definition) is 4. The molecule has 0 saturated carbocycles. The Balaban J connectivity index is 1.53. The maximum Gasteiger partial charge on any atom is 0.154 e. The molecule has 4 rings (SSSR count). The lowest BCUT2D eigenvalue weighted by molar-refractivity contribution is 0.919. The first-order valence-corrected chi connectivity index (χ1v) is 8.34. The lowest BCUT2D eigenvalue weighted by atomic mass is 10.1. The molecule has 0 radical (unpaired) electrons. The number of aromatic nitrogens is 4. The molecule has 1 aromatic carbocycles. The number of hydrogen-bond donors (Lipinski definition) is 1. The number of pyridine rings is 1. The van der Waals surface area contributed by atoms with Gasteiger partial charge in [0, 0.05) is 24.5 Å². The smallest absolute Gasteiger partial charge is 0.154 e. The highest BCUT2D eigenvalue weighted by molar-refractivity contribution is 5.63. The number of nitrogens with zero attached hydrogens (tertiary/aromatic N) is 4. The summed E-state index contributed by atoms with van der Waals surface area (Å²) in [6.45, 7) is 2.95. The van der Waals surface area contributed by atoms with Crippen molar-refractivity contribution >= 4 is 11.5 Å². The van der Waals surface area contributed by atoms with E-state index in [4.69, 9.17) is 0 Å². The Morgan fingerprint density at radius 2 is 1.92 bits per heavy atom. The van der Waals surface area contributed by atoms with Crippen molar-refractivity contribution in [1.29, 1.82) is 0 Å². The van der Waals surface area contributed by atoms with E-state index in [1.807, 2.05) is 35.0 Å². The maximum atomic E-state index is 4.68. The molecular formula is C20H19N5. The van der Waals surface area contributed by atoms with Crippen molar-refractivity contribution < 1.29 is 0 Å². The maximum absolute atomic E-state index is 4.68. The van der Waals surface area contributed by atoms with E-state index in [1.165, 1.54) is 11.1 Å². The van der Waals surface area contributed by atoms with Gasteiger partial charge in [-0.25, -0.2) is 9.50 Å². The molecule has 5 heteroatoms. The Morgan fingerprint density at radius 1 is 1.04 bits per heavy atom. The lowest BCUT2D eigenvalue weighted by Gasteiger charge is -2.08. The predicted molar refractivity (Wildman–Crippen MR) is 99.6 cm³/mol. The van der Waals surface area contributed by atoms with E-state index in [0.29, 0.717) is 0 Å². The van der Waals surface area contributed by atoms with Crippen LogP contribution >= 0.6 is 0 Å². The van der Waals surface area contributed by atoms with Crippen LogP contribution in [0.2, 0.25) is 0 Å². The first-order valence-electron chi connectivity index (χ1n) is 8.34. The van der Waals surface area contributed by atoms with E-state index in [0.717, 1.165) is 35.7 Å². The fourth-order valence-electron chi connectivity index (χ4n) is 2.89. The normalized spacial score (nSPS) is 10.9. The number of rotatable bonds is 5. The molecular weight excluding hydrogens is 310 g/mol. The number of aryl methyl sites for hydroxylation is 1. The second-order valence-corrected chi connectivity index (χ2v) is 6.03. The van der Waals surface area contributed by atoms with Crippen LogP contribution in [0, 0.1) is 6.92 Å². The van der Waals surface area contributed by atoms with Crippen LogP contribution in [-0.4, -0.2) is 26.1 Å². The molecule has 0 atom stereocenters. The van der Waals surface area contributed by atoms with Crippen LogP contribution < -0.4 is 5.32 Å². The SMILES string of the molecule is Cc1cccc(CCNc2ccc3ncc(-c4ccncc4)n3n2)c1.